The van der Waals surface area contributed by atoms with Crippen molar-refractivity contribution in [2.75, 3.05) is 0 Å². The third-order valence-electron chi connectivity index (χ3n) is 2.99. The molecule has 0 saturated heterocycles. The van der Waals surface area contributed by atoms with Gasteiger partial charge in [-0.3, -0.25) is 0 Å². The topological polar surface area (TPSA) is 52.0 Å². The van der Waals surface area contributed by atoms with Crippen molar-refractivity contribution in [3.8, 4) is 0 Å². The summed E-state index contributed by atoms with van der Waals surface area (Å²) in [5, 5.41) is 0. The van der Waals surface area contributed by atoms with Gasteiger partial charge in [0.05, 0.1) is 0 Å². The van der Waals surface area contributed by atoms with E-state index in [9.17, 15) is 0 Å². The first-order valence-corrected chi connectivity index (χ1v) is 5.17. The summed E-state index contributed by atoms with van der Waals surface area (Å²) in [5.41, 5.74) is 16.3. The van der Waals surface area contributed by atoms with Gasteiger partial charge in [-0.2, -0.15) is 0 Å². The number of hydrogen-bond acceptors (Lipinski definition) is 2. The Hall–Kier alpha value is -1.18. The molecule has 1 rings (SSSR count). The minimum absolute atomic E-state index is 0.395. The fraction of sp³-hybridized carbons (Fsp3) is 0.500. The van der Waals surface area contributed by atoms with Crippen LogP contribution in [-0.4, -0.2) is 0 Å². The Balaban J connectivity index is 3.10. The van der Waals surface area contributed by atoms with Crippen molar-refractivity contribution in [1.29, 1.82) is 0 Å². The van der Waals surface area contributed by atoms with E-state index in [1.54, 1.807) is 0 Å². The van der Waals surface area contributed by atoms with E-state index >= 15 is 0 Å². The molecule has 4 N–H and O–H groups in total. The van der Waals surface area contributed by atoms with E-state index < -0.39 is 0 Å². The predicted molar refractivity (Wildman–Crippen MR) is 61.3 cm³/mol. The van der Waals surface area contributed by atoms with Crippen molar-refractivity contribution >= 4 is 0 Å². The predicted octanol–water partition coefficient (Wildman–Crippen LogP) is 2.44. The van der Waals surface area contributed by atoms with E-state index in [2.05, 4.69) is 26.8 Å². The second-order valence-electron chi connectivity index (χ2n) is 3.95. The van der Waals surface area contributed by atoms with Crippen LogP contribution in [0.5, 0.6) is 0 Å². The summed E-state index contributed by atoms with van der Waals surface area (Å²) in [6.07, 6.45) is 5.92. The zero-order valence-electron chi connectivity index (χ0n) is 9.30. The highest BCUT2D eigenvalue weighted by Gasteiger charge is 2.10. The zero-order valence-corrected chi connectivity index (χ0v) is 9.30. The summed E-state index contributed by atoms with van der Waals surface area (Å²) in [7, 11) is 0. The van der Waals surface area contributed by atoms with E-state index in [0.717, 1.165) is 24.2 Å². The molecule has 14 heavy (non-hydrogen) atoms. The first-order valence-electron chi connectivity index (χ1n) is 5.17. The largest absolute Gasteiger partial charge is 0.402 e. The highest BCUT2D eigenvalue weighted by molar-refractivity contribution is 5.32. The second-order valence-corrected chi connectivity index (χ2v) is 3.95. The van der Waals surface area contributed by atoms with Gasteiger partial charge in [0.15, 0.2) is 0 Å². The van der Waals surface area contributed by atoms with Crippen LogP contribution in [-0.2, 0) is 0 Å². The van der Waals surface area contributed by atoms with Crippen molar-refractivity contribution in [2.45, 2.75) is 33.6 Å². The second kappa shape index (κ2) is 4.36. The molecule has 0 radical (unpaired) electrons. The summed E-state index contributed by atoms with van der Waals surface area (Å²) in [4.78, 5) is 0. The number of rotatable bonds is 1. The number of nitrogens with two attached hydrogens (primary N) is 2. The van der Waals surface area contributed by atoms with Gasteiger partial charge in [0.25, 0.3) is 0 Å². The van der Waals surface area contributed by atoms with Gasteiger partial charge in [0.2, 0.25) is 0 Å². The minimum atomic E-state index is 0.395. The molecule has 1 aliphatic rings. The van der Waals surface area contributed by atoms with Crippen molar-refractivity contribution in [3.05, 3.63) is 34.7 Å². The molecule has 0 aromatic rings. The van der Waals surface area contributed by atoms with E-state index in [1.165, 1.54) is 11.1 Å². The molecule has 0 fully saturated rings. The van der Waals surface area contributed by atoms with Gasteiger partial charge in [0, 0.05) is 17.8 Å². The van der Waals surface area contributed by atoms with Crippen LogP contribution in [0.2, 0.25) is 0 Å². The van der Waals surface area contributed by atoms with Crippen molar-refractivity contribution < 1.29 is 0 Å². The van der Waals surface area contributed by atoms with Crippen molar-refractivity contribution in [1.82, 2.24) is 0 Å². The van der Waals surface area contributed by atoms with Gasteiger partial charge in [-0.1, -0.05) is 19.9 Å². The van der Waals surface area contributed by atoms with Crippen LogP contribution in [0.1, 0.15) is 33.6 Å². The molecule has 0 spiro atoms. The SMILES string of the molecule is CC/C1=C(N)/C=C\C(C)/C(C)=C(/N)C1. The Bertz CT molecular complexity index is 308. The van der Waals surface area contributed by atoms with Crippen LogP contribution < -0.4 is 11.5 Å². The lowest BCUT2D eigenvalue weighted by atomic mass is 9.93. The van der Waals surface area contributed by atoms with Gasteiger partial charge < -0.3 is 11.5 Å². The summed E-state index contributed by atoms with van der Waals surface area (Å²) < 4.78 is 0. The lowest BCUT2D eigenvalue weighted by molar-refractivity contribution is 0.806. The lowest BCUT2D eigenvalue weighted by Gasteiger charge is -2.17. The van der Waals surface area contributed by atoms with Crippen LogP contribution in [0.15, 0.2) is 34.7 Å². The summed E-state index contributed by atoms with van der Waals surface area (Å²) in [5.74, 6) is 0.395. The molecule has 2 heteroatoms. The molecule has 0 aliphatic heterocycles. The minimum Gasteiger partial charge on any atom is -0.402 e. The number of allylic oxidation sites excluding steroid dienone is 4. The van der Waals surface area contributed by atoms with Crippen LogP contribution in [0.4, 0.5) is 0 Å². The number of hydrogen-bond donors (Lipinski definition) is 2. The van der Waals surface area contributed by atoms with E-state index in [4.69, 9.17) is 11.5 Å². The third kappa shape index (κ3) is 2.19. The molecule has 0 aromatic carbocycles. The van der Waals surface area contributed by atoms with Gasteiger partial charge in [-0.15, -0.1) is 0 Å². The Morgan fingerprint density at radius 2 is 2.07 bits per heavy atom. The maximum absolute atomic E-state index is 6.02. The quantitative estimate of drug-likeness (QED) is 0.670. The third-order valence-corrected chi connectivity index (χ3v) is 2.99. The maximum Gasteiger partial charge on any atom is 0.0306 e. The van der Waals surface area contributed by atoms with Crippen LogP contribution in [0.3, 0.4) is 0 Å². The fourth-order valence-electron chi connectivity index (χ4n) is 1.60. The van der Waals surface area contributed by atoms with E-state index in [-0.39, 0.29) is 0 Å². The average Bonchev–Trinajstić information content (AvgIpc) is 2.19. The van der Waals surface area contributed by atoms with Crippen LogP contribution >= 0.6 is 0 Å². The summed E-state index contributed by atoms with van der Waals surface area (Å²) >= 11 is 0. The molecular formula is C12H20N2. The molecule has 0 amide bonds. The van der Waals surface area contributed by atoms with Crippen molar-refractivity contribution in [2.24, 2.45) is 17.4 Å². The maximum atomic E-state index is 6.02. The van der Waals surface area contributed by atoms with Crippen molar-refractivity contribution in [3.63, 3.8) is 0 Å². The van der Waals surface area contributed by atoms with Crippen LogP contribution in [0, 0.1) is 5.92 Å². The Labute approximate surface area is 86.4 Å². The molecule has 2 nitrogen and oxygen atoms in total. The smallest absolute Gasteiger partial charge is 0.0306 e. The molecule has 1 aliphatic carbocycles. The highest BCUT2D eigenvalue weighted by Crippen LogP contribution is 2.24. The average molecular weight is 192 g/mol. The monoisotopic (exact) mass is 192 g/mol. The Morgan fingerprint density at radius 1 is 1.43 bits per heavy atom. The van der Waals surface area contributed by atoms with E-state index in [0.29, 0.717) is 5.92 Å². The molecule has 0 aromatic heterocycles. The molecule has 78 valence electrons. The van der Waals surface area contributed by atoms with Crippen LogP contribution in [0.25, 0.3) is 0 Å². The molecule has 1 atom stereocenters. The normalized spacial score (nSPS) is 36.4. The van der Waals surface area contributed by atoms with Gasteiger partial charge in [0.1, 0.15) is 0 Å². The standard InChI is InChI=1S/C12H20N2/c1-4-10-7-12(14)9(3)8(2)5-6-11(10)13/h5-6,8H,4,7,13-14H2,1-3H3/b6-5-,11-10+,12-9+. The Morgan fingerprint density at radius 3 is 2.64 bits per heavy atom. The molecule has 0 saturated carbocycles. The molecular weight excluding hydrogens is 172 g/mol. The fourth-order valence-corrected chi connectivity index (χ4v) is 1.60. The van der Waals surface area contributed by atoms with E-state index in [1.807, 2.05) is 6.08 Å². The van der Waals surface area contributed by atoms with Gasteiger partial charge in [-0.05, 0) is 36.5 Å². The first kappa shape index (κ1) is 10.9. The van der Waals surface area contributed by atoms with Gasteiger partial charge >= 0.3 is 0 Å². The molecule has 0 heterocycles. The first-order chi connectivity index (χ1) is 6.56. The lowest BCUT2D eigenvalue weighted by Crippen LogP contribution is -2.11. The molecule has 0 bridgehead atoms. The summed E-state index contributed by atoms with van der Waals surface area (Å²) in [6, 6.07) is 0. The highest BCUT2D eigenvalue weighted by atomic mass is 14.6. The zero-order chi connectivity index (χ0) is 10.7. The summed E-state index contributed by atoms with van der Waals surface area (Å²) in [6.45, 7) is 6.35. The molecule has 1 unspecified atom stereocenters. The van der Waals surface area contributed by atoms with Gasteiger partial charge in [-0.25, -0.2) is 0 Å². The Kier molecular flexibility index (Phi) is 3.39.